The highest BCUT2D eigenvalue weighted by Crippen LogP contribution is 2.28. The minimum absolute atomic E-state index is 0.0388. The Morgan fingerprint density at radius 3 is 2.58 bits per heavy atom. The molecule has 0 unspecified atom stereocenters. The molecule has 2 aromatic rings. The van der Waals surface area contributed by atoms with Gasteiger partial charge in [-0.3, -0.25) is 9.10 Å². The van der Waals surface area contributed by atoms with Gasteiger partial charge < -0.3 is 5.32 Å². The third kappa shape index (κ3) is 3.12. The first kappa shape index (κ1) is 16.4. The van der Waals surface area contributed by atoms with E-state index in [2.05, 4.69) is 5.32 Å². The number of aryl methyl sites for hydroxylation is 1. The Labute approximate surface area is 140 Å². The van der Waals surface area contributed by atoms with Gasteiger partial charge in [0.2, 0.25) is 10.0 Å². The minimum Gasteiger partial charge on any atom is -0.322 e. The van der Waals surface area contributed by atoms with Gasteiger partial charge in [-0.1, -0.05) is 12.1 Å². The second-order valence-corrected chi connectivity index (χ2v) is 7.69. The quantitative estimate of drug-likeness (QED) is 0.927. The van der Waals surface area contributed by atoms with E-state index in [0.29, 0.717) is 29.9 Å². The fourth-order valence-electron chi connectivity index (χ4n) is 2.71. The molecule has 1 aliphatic heterocycles. The van der Waals surface area contributed by atoms with E-state index in [-0.39, 0.29) is 11.3 Å². The molecule has 1 saturated heterocycles. The molecule has 0 bridgehead atoms. The smallest absolute Gasteiger partial charge is 0.258 e. The van der Waals surface area contributed by atoms with Gasteiger partial charge in [-0.25, -0.2) is 12.8 Å². The van der Waals surface area contributed by atoms with Crippen molar-refractivity contribution in [2.75, 3.05) is 21.9 Å². The molecule has 1 fully saturated rings. The van der Waals surface area contributed by atoms with Crippen LogP contribution in [0.2, 0.25) is 0 Å². The first-order valence-corrected chi connectivity index (χ1v) is 9.16. The third-order valence-electron chi connectivity index (χ3n) is 3.96. The van der Waals surface area contributed by atoms with Crippen molar-refractivity contribution in [3.05, 3.63) is 59.4 Å². The number of hydrogen-bond donors (Lipinski definition) is 1. The average molecular weight is 348 g/mol. The summed E-state index contributed by atoms with van der Waals surface area (Å²) in [6, 6.07) is 10.7. The van der Waals surface area contributed by atoms with E-state index in [1.807, 2.05) is 0 Å². The zero-order valence-electron chi connectivity index (χ0n) is 13.1. The monoisotopic (exact) mass is 348 g/mol. The molecule has 2 aromatic carbocycles. The largest absolute Gasteiger partial charge is 0.322 e. The van der Waals surface area contributed by atoms with Crippen LogP contribution in [0.5, 0.6) is 0 Å². The summed E-state index contributed by atoms with van der Waals surface area (Å²) in [5.74, 6) is -0.983. The van der Waals surface area contributed by atoms with Gasteiger partial charge in [0.05, 0.1) is 17.0 Å². The van der Waals surface area contributed by atoms with E-state index in [4.69, 9.17) is 0 Å². The van der Waals surface area contributed by atoms with Crippen LogP contribution in [0.1, 0.15) is 22.3 Å². The fourth-order valence-corrected chi connectivity index (χ4v) is 4.26. The van der Waals surface area contributed by atoms with Crippen molar-refractivity contribution in [2.45, 2.75) is 13.3 Å². The summed E-state index contributed by atoms with van der Waals surface area (Å²) in [7, 11) is -3.25. The number of nitrogens with zero attached hydrogens (tertiary/aromatic N) is 1. The third-order valence-corrected chi connectivity index (χ3v) is 5.83. The molecule has 126 valence electrons. The second-order valence-electron chi connectivity index (χ2n) is 5.67. The van der Waals surface area contributed by atoms with Crippen LogP contribution in [0.4, 0.5) is 15.8 Å². The number of carbonyl (C=O) groups excluding carboxylic acids is 1. The Hall–Kier alpha value is -2.41. The number of amides is 1. The zero-order chi connectivity index (χ0) is 17.3. The van der Waals surface area contributed by atoms with Crippen LogP contribution in [0, 0.1) is 12.7 Å². The summed E-state index contributed by atoms with van der Waals surface area (Å²) in [6.07, 6.45) is 0.604. The Bertz CT molecular complexity index is 896. The van der Waals surface area contributed by atoms with E-state index in [9.17, 15) is 17.6 Å². The Morgan fingerprint density at radius 1 is 1.21 bits per heavy atom. The van der Waals surface area contributed by atoms with E-state index >= 15 is 0 Å². The number of rotatable bonds is 3. The predicted molar refractivity (Wildman–Crippen MR) is 91.3 cm³/mol. The summed E-state index contributed by atoms with van der Waals surface area (Å²) in [6.45, 7) is 2.23. The molecular weight excluding hydrogens is 331 g/mol. The maximum Gasteiger partial charge on any atom is 0.258 e. The van der Waals surface area contributed by atoms with Gasteiger partial charge in [-0.2, -0.15) is 0 Å². The molecule has 1 amide bonds. The lowest BCUT2D eigenvalue weighted by Gasteiger charge is -2.18. The molecule has 0 aliphatic carbocycles. The Balaban J connectivity index is 1.83. The molecule has 1 heterocycles. The molecule has 0 radical (unpaired) electrons. The van der Waals surface area contributed by atoms with Crippen LogP contribution in [-0.2, 0) is 10.0 Å². The highest BCUT2D eigenvalue weighted by atomic mass is 32.2. The number of nitrogens with one attached hydrogen (secondary N) is 1. The van der Waals surface area contributed by atoms with Crippen LogP contribution in [0.3, 0.4) is 0 Å². The van der Waals surface area contributed by atoms with Gasteiger partial charge in [-0.15, -0.1) is 0 Å². The van der Waals surface area contributed by atoms with Crippen molar-refractivity contribution in [1.29, 1.82) is 0 Å². The molecule has 0 atom stereocenters. The van der Waals surface area contributed by atoms with Crippen molar-refractivity contribution in [3.63, 3.8) is 0 Å². The molecule has 0 aromatic heterocycles. The van der Waals surface area contributed by atoms with Crippen molar-refractivity contribution >= 4 is 27.3 Å². The maximum absolute atomic E-state index is 13.7. The number of hydrogen-bond acceptors (Lipinski definition) is 3. The highest BCUT2D eigenvalue weighted by molar-refractivity contribution is 7.93. The van der Waals surface area contributed by atoms with E-state index in [1.165, 1.54) is 22.5 Å². The van der Waals surface area contributed by atoms with Crippen LogP contribution in [0.25, 0.3) is 0 Å². The molecule has 1 aliphatic rings. The lowest BCUT2D eigenvalue weighted by Crippen LogP contribution is -2.25. The van der Waals surface area contributed by atoms with Crippen LogP contribution >= 0.6 is 0 Å². The lowest BCUT2D eigenvalue weighted by atomic mass is 10.1. The van der Waals surface area contributed by atoms with E-state index in [1.54, 1.807) is 31.2 Å². The molecule has 0 saturated carbocycles. The Kier molecular flexibility index (Phi) is 4.28. The van der Waals surface area contributed by atoms with Crippen molar-refractivity contribution in [3.8, 4) is 0 Å². The topological polar surface area (TPSA) is 66.5 Å². The lowest BCUT2D eigenvalue weighted by molar-refractivity contribution is 0.102. The van der Waals surface area contributed by atoms with Crippen molar-refractivity contribution < 1.29 is 17.6 Å². The van der Waals surface area contributed by atoms with Crippen LogP contribution < -0.4 is 9.62 Å². The first-order valence-electron chi connectivity index (χ1n) is 7.55. The molecule has 5 nitrogen and oxygen atoms in total. The van der Waals surface area contributed by atoms with Crippen LogP contribution in [-0.4, -0.2) is 26.6 Å². The molecule has 3 rings (SSSR count). The number of benzene rings is 2. The van der Waals surface area contributed by atoms with E-state index in [0.717, 1.165) is 0 Å². The number of sulfonamides is 1. The molecule has 0 spiro atoms. The number of halogens is 1. The number of carbonyl (C=O) groups is 1. The average Bonchev–Trinajstić information content (AvgIpc) is 2.89. The van der Waals surface area contributed by atoms with Gasteiger partial charge in [0, 0.05) is 12.2 Å². The predicted octanol–water partition coefficient (Wildman–Crippen LogP) is 2.93. The zero-order valence-corrected chi connectivity index (χ0v) is 13.9. The summed E-state index contributed by atoms with van der Waals surface area (Å²) < 4.78 is 39.0. The highest BCUT2D eigenvalue weighted by Gasteiger charge is 2.28. The van der Waals surface area contributed by atoms with E-state index < -0.39 is 21.7 Å². The molecule has 1 N–H and O–H groups in total. The molecule has 7 heteroatoms. The maximum atomic E-state index is 13.7. The molecule has 24 heavy (non-hydrogen) atoms. The summed E-state index contributed by atoms with van der Waals surface area (Å²) in [5, 5.41) is 2.66. The summed E-state index contributed by atoms with van der Waals surface area (Å²) >= 11 is 0. The van der Waals surface area contributed by atoms with Gasteiger partial charge in [-0.05, 0) is 49.2 Å². The van der Waals surface area contributed by atoms with Gasteiger partial charge in [0.1, 0.15) is 5.82 Å². The fraction of sp³-hybridized carbons (Fsp3) is 0.235. The normalized spacial score (nSPS) is 16.2. The van der Waals surface area contributed by atoms with Crippen LogP contribution in [0.15, 0.2) is 42.5 Å². The number of anilines is 2. The second kappa shape index (κ2) is 6.24. The molecular formula is C17H17FN2O3S. The minimum atomic E-state index is -3.25. The van der Waals surface area contributed by atoms with Gasteiger partial charge >= 0.3 is 0 Å². The Morgan fingerprint density at radius 2 is 1.96 bits per heavy atom. The summed E-state index contributed by atoms with van der Waals surface area (Å²) in [4.78, 5) is 12.2. The van der Waals surface area contributed by atoms with Gasteiger partial charge in [0.25, 0.3) is 5.91 Å². The van der Waals surface area contributed by atoms with Crippen molar-refractivity contribution in [2.24, 2.45) is 0 Å². The summed E-state index contributed by atoms with van der Waals surface area (Å²) in [5.41, 5.74) is 1.76. The van der Waals surface area contributed by atoms with Crippen molar-refractivity contribution in [1.82, 2.24) is 0 Å². The SMILES string of the molecule is Cc1cc(N2CCCS2(=O)=O)ccc1NC(=O)c1ccccc1F. The standard InChI is InChI=1S/C17H17FN2O3S/c1-12-11-13(20-9-4-10-24(20,22)23)7-8-16(12)19-17(21)14-5-2-3-6-15(14)18/h2-3,5-8,11H,4,9-10H2,1H3,(H,19,21). The first-order chi connectivity index (χ1) is 11.4. The van der Waals surface area contributed by atoms with Gasteiger partial charge in [0.15, 0.2) is 0 Å².